The summed E-state index contributed by atoms with van der Waals surface area (Å²) in [5.41, 5.74) is 9.13. The first-order valence-corrected chi connectivity index (χ1v) is 7.51. The second kappa shape index (κ2) is 7.18. The molecule has 4 nitrogen and oxygen atoms in total. The first-order chi connectivity index (χ1) is 10.1. The number of aryl methyl sites for hydroxylation is 2. The molecule has 1 atom stereocenters. The summed E-state index contributed by atoms with van der Waals surface area (Å²) in [4.78, 5) is 12.3. The molecule has 0 saturated carbocycles. The summed E-state index contributed by atoms with van der Waals surface area (Å²) in [5, 5.41) is 4.47. The van der Waals surface area contributed by atoms with Crippen LogP contribution in [0.25, 0.3) is 0 Å². The third-order valence-electron chi connectivity index (χ3n) is 3.64. The van der Waals surface area contributed by atoms with Gasteiger partial charge in [-0.2, -0.15) is 5.10 Å². The Morgan fingerprint density at radius 2 is 2.00 bits per heavy atom. The lowest BCUT2D eigenvalue weighted by molar-refractivity contribution is -0.119. The molecule has 0 aliphatic carbocycles. The molecule has 21 heavy (non-hydrogen) atoms. The molecule has 1 aromatic heterocycles. The number of carbonyl (C=O) groups is 1. The zero-order valence-electron chi connectivity index (χ0n) is 12.7. The van der Waals surface area contributed by atoms with Gasteiger partial charge in [0.25, 0.3) is 0 Å². The molecule has 2 N–H and O–H groups in total. The number of aromatic nitrogens is 2. The van der Waals surface area contributed by atoms with Gasteiger partial charge in [0.15, 0.2) is 5.78 Å². The van der Waals surface area contributed by atoms with E-state index in [4.69, 9.17) is 5.73 Å². The van der Waals surface area contributed by atoms with Crippen molar-refractivity contribution < 1.29 is 4.79 Å². The minimum Gasteiger partial charge on any atom is -0.321 e. The van der Waals surface area contributed by atoms with E-state index in [0.717, 1.165) is 29.9 Å². The van der Waals surface area contributed by atoms with Gasteiger partial charge in [0.1, 0.15) is 0 Å². The summed E-state index contributed by atoms with van der Waals surface area (Å²) in [6.07, 6.45) is 1.82. The highest BCUT2D eigenvalue weighted by Gasteiger charge is 2.17. The molecule has 1 aromatic carbocycles. The van der Waals surface area contributed by atoms with Crippen molar-refractivity contribution >= 4 is 5.78 Å². The van der Waals surface area contributed by atoms with Gasteiger partial charge in [-0.05, 0) is 31.4 Å². The second-order valence-corrected chi connectivity index (χ2v) is 5.24. The van der Waals surface area contributed by atoms with Crippen LogP contribution in [0.2, 0.25) is 0 Å². The Hall–Kier alpha value is -1.94. The first-order valence-electron chi connectivity index (χ1n) is 7.51. The zero-order valence-corrected chi connectivity index (χ0v) is 12.7. The maximum absolute atomic E-state index is 12.3. The Morgan fingerprint density at radius 1 is 1.29 bits per heavy atom. The van der Waals surface area contributed by atoms with Gasteiger partial charge in [0.05, 0.1) is 18.2 Å². The first kappa shape index (κ1) is 15.4. The highest BCUT2D eigenvalue weighted by atomic mass is 16.1. The molecule has 0 saturated heterocycles. The highest BCUT2D eigenvalue weighted by Crippen LogP contribution is 2.09. The predicted octanol–water partition coefficient (Wildman–Crippen LogP) is 2.15. The van der Waals surface area contributed by atoms with Gasteiger partial charge in [0.2, 0.25) is 0 Å². The number of rotatable bonds is 7. The molecule has 0 spiro atoms. The Kier molecular flexibility index (Phi) is 5.28. The lowest BCUT2D eigenvalue weighted by atomic mass is 10.0. The molecule has 1 heterocycles. The molecular weight excluding hydrogens is 262 g/mol. The van der Waals surface area contributed by atoms with Gasteiger partial charge >= 0.3 is 0 Å². The largest absolute Gasteiger partial charge is 0.321 e. The third kappa shape index (κ3) is 4.02. The second-order valence-electron chi connectivity index (χ2n) is 5.24. The minimum absolute atomic E-state index is 0.0658. The van der Waals surface area contributed by atoms with Crippen molar-refractivity contribution in [1.82, 2.24) is 9.78 Å². The zero-order chi connectivity index (χ0) is 15.2. The smallest absolute Gasteiger partial charge is 0.155 e. The average Bonchev–Trinajstić information content (AvgIpc) is 2.90. The van der Waals surface area contributed by atoms with Crippen molar-refractivity contribution in [2.24, 2.45) is 5.73 Å². The maximum atomic E-state index is 12.3. The van der Waals surface area contributed by atoms with Gasteiger partial charge in [-0.3, -0.25) is 9.48 Å². The standard InChI is InChI=1S/C17H23N3O/c1-3-14-11-15(20(4-2)19-14)12-17(21)16(18)10-13-8-6-5-7-9-13/h5-9,11,16H,3-4,10,12,18H2,1-2H3. The molecule has 2 rings (SSSR count). The number of hydrogen-bond donors (Lipinski definition) is 1. The summed E-state index contributed by atoms with van der Waals surface area (Å²) >= 11 is 0. The molecule has 0 bridgehead atoms. The topological polar surface area (TPSA) is 60.9 Å². The van der Waals surface area contributed by atoms with E-state index in [1.54, 1.807) is 0 Å². The van der Waals surface area contributed by atoms with Crippen LogP contribution in [-0.4, -0.2) is 21.6 Å². The lowest BCUT2D eigenvalue weighted by Gasteiger charge is -2.11. The average molecular weight is 285 g/mol. The Bertz CT molecular complexity index is 589. The molecule has 2 aromatic rings. The summed E-state index contributed by atoms with van der Waals surface area (Å²) in [5.74, 6) is 0.0658. The third-order valence-corrected chi connectivity index (χ3v) is 3.64. The highest BCUT2D eigenvalue weighted by molar-refractivity contribution is 5.85. The molecule has 0 radical (unpaired) electrons. The van der Waals surface area contributed by atoms with Gasteiger partial charge in [-0.1, -0.05) is 37.3 Å². The fraction of sp³-hybridized carbons (Fsp3) is 0.412. The van der Waals surface area contributed by atoms with Crippen molar-refractivity contribution in [2.45, 2.75) is 45.7 Å². The number of benzene rings is 1. The van der Waals surface area contributed by atoms with E-state index >= 15 is 0 Å². The van der Waals surface area contributed by atoms with Crippen LogP contribution in [0.15, 0.2) is 36.4 Å². The van der Waals surface area contributed by atoms with Crippen LogP contribution < -0.4 is 5.73 Å². The summed E-state index contributed by atoms with van der Waals surface area (Å²) in [6, 6.07) is 11.4. The molecule has 0 amide bonds. The fourth-order valence-corrected chi connectivity index (χ4v) is 2.40. The number of ketones is 1. The molecule has 0 fully saturated rings. The van der Waals surface area contributed by atoms with E-state index in [1.807, 2.05) is 48.0 Å². The van der Waals surface area contributed by atoms with Crippen LogP contribution in [0.5, 0.6) is 0 Å². The molecule has 0 aliphatic rings. The number of nitrogens with two attached hydrogens (primary N) is 1. The summed E-state index contributed by atoms with van der Waals surface area (Å²) in [6.45, 7) is 4.87. The summed E-state index contributed by atoms with van der Waals surface area (Å²) < 4.78 is 1.89. The van der Waals surface area contributed by atoms with Crippen LogP contribution in [0.1, 0.15) is 30.8 Å². The van der Waals surface area contributed by atoms with E-state index in [-0.39, 0.29) is 5.78 Å². The van der Waals surface area contributed by atoms with E-state index in [1.165, 1.54) is 0 Å². The van der Waals surface area contributed by atoms with E-state index < -0.39 is 6.04 Å². The molecule has 1 unspecified atom stereocenters. The van der Waals surface area contributed by atoms with Crippen molar-refractivity contribution in [3.05, 3.63) is 53.3 Å². The molecular formula is C17H23N3O. The fourth-order valence-electron chi connectivity index (χ4n) is 2.40. The van der Waals surface area contributed by atoms with E-state index in [9.17, 15) is 4.79 Å². The van der Waals surface area contributed by atoms with Crippen molar-refractivity contribution in [1.29, 1.82) is 0 Å². The molecule has 4 heteroatoms. The monoisotopic (exact) mass is 285 g/mol. The lowest BCUT2D eigenvalue weighted by Crippen LogP contribution is -2.34. The van der Waals surface area contributed by atoms with Crippen LogP contribution in [0.4, 0.5) is 0 Å². The normalized spacial score (nSPS) is 12.3. The van der Waals surface area contributed by atoms with E-state index in [2.05, 4.69) is 12.0 Å². The van der Waals surface area contributed by atoms with Crippen molar-refractivity contribution in [2.75, 3.05) is 0 Å². The number of carbonyl (C=O) groups excluding carboxylic acids is 1. The van der Waals surface area contributed by atoms with Crippen LogP contribution in [0.3, 0.4) is 0 Å². The maximum Gasteiger partial charge on any atom is 0.155 e. The van der Waals surface area contributed by atoms with E-state index in [0.29, 0.717) is 12.8 Å². The number of nitrogens with zero attached hydrogens (tertiary/aromatic N) is 2. The van der Waals surface area contributed by atoms with Crippen LogP contribution in [-0.2, 0) is 30.6 Å². The molecule has 0 aliphatic heterocycles. The Labute approximate surface area is 126 Å². The minimum atomic E-state index is -0.460. The van der Waals surface area contributed by atoms with Crippen molar-refractivity contribution in [3.63, 3.8) is 0 Å². The number of hydrogen-bond acceptors (Lipinski definition) is 3. The molecule has 112 valence electrons. The van der Waals surface area contributed by atoms with Crippen molar-refractivity contribution in [3.8, 4) is 0 Å². The predicted molar refractivity (Wildman–Crippen MR) is 84.1 cm³/mol. The van der Waals surface area contributed by atoms with Gasteiger partial charge in [-0.15, -0.1) is 0 Å². The van der Waals surface area contributed by atoms with Gasteiger partial charge in [-0.25, -0.2) is 0 Å². The number of Topliss-reactive ketones (excluding diaryl/α,β-unsaturated/α-hetero) is 1. The van der Waals surface area contributed by atoms with Crippen LogP contribution in [0, 0.1) is 0 Å². The van der Waals surface area contributed by atoms with Gasteiger partial charge in [0, 0.05) is 12.2 Å². The SMILES string of the molecule is CCc1cc(CC(=O)C(N)Cc2ccccc2)n(CC)n1. The Balaban J connectivity index is 2.02. The van der Waals surface area contributed by atoms with Crippen LogP contribution >= 0.6 is 0 Å². The Morgan fingerprint density at radius 3 is 2.62 bits per heavy atom. The quantitative estimate of drug-likeness (QED) is 0.848. The van der Waals surface area contributed by atoms with Gasteiger partial charge < -0.3 is 5.73 Å². The summed E-state index contributed by atoms with van der Waals surface area (Å²) in [7, 11) is 0.